The molecule has 2 aromatic rings. The normalized spacial score (nSPS) is 20.1. The third-order valence-corrected chi connectivity index (χ3v) is 4.36. The quantitative estimate of drug-likeness (QED) is 0.856. The Kier molecular flexibility index (Phi) is 5.16. The number of carbonyl (C=O) groups excluding carboxylic acids is 1. The molecule has 3 rings (SSSR count). The van der Waals surface area contributed by atoms with Crippen LogP contribution in [0.3, 0.4) is 0 Å². The topological polar surface area (TPSA) is 96.2 Å². The van der Waals surface area contributed by atoms with Gasteiger partial charge in [0.1, 0.15) is 17.5 Å². The number of amides is 1. The molecule has 0 radical (unpaired) electrons. The van der Waals surface area contributed by atoms with Gasteiger partial charge in [-0.25, -0.2) is 9.97 Å². The molecule has 1 fully saturated rings. The van der Waals surface area contributed by atoms with Gasteiger partial charge in [0, 0.05) is 38.3 Å². The van der Waals surface area contributed by atoms with E-state index in [9.17, 15) is 4.79 Å². The zero-order valence-electron chi connectivity index (χ0n) is 14.8. The number of nitrogens with zero attached hydrogens (tertiary/aromatic N) is 4. The average Bonchev–Trinajstić information content (AvgIpc) is 3.11. The number of hydrogen-bond acceptors (Lipinski definition) is 7. The van der Waals surface area contributed by atoms with Gasteiger partial charge in [-0.05, 0) is 32.6 Å². The van der Waals surface area contributed by atoms with Crippen molar-refractivity contribution in [1.29, 1.82) is 0 Å². The van der Waals surface area contributed by atoms with Crippen LogP contribution in [0.1, 0.15) is 42.1 Å². The average molecular weight is 344 g/mol. The van der Waals surface area contributed by atoms with E-state index >= 15 is 0 Å². The van der Waals surface area contributed by atoms with Gasteiger partial charge in [0.2, 0.25) is 5.76 Å². The summed E-state index contributed by atoms with van der Waals surface area (Å²) in [6.07, 6.45) is 5.26. The summed E-state index contributed by atoms with van der Waals surface area (Å²) in [5.74, 6) is 2.55. The molecule has 1 aliphatic rings. The number of nitrogens with one attached hydrogen (secondary N) is 2. The van der Waals surface area contributed by atoms with Crippen LogP contribution in [0.5, 0.6) is 0 Å². The van der Waals surface area contributed by atoms with Gasteiger partial charge in [-0.1, -0.05) is 5.16 Å². The van der Waals surface area contributed by atoms with Gasteiger partial charge in [0.15, 0.2) is 0 Å². The maximum Gasteiger partial charge on any atom is 0.290 e. The van der Waals surface area contributed by atoms with Crippen LogP contribution in [0.2, 0.25) is 0 Å². The Morgan fingerprint density at radius 3 is 2.56 bits per heavy atom. The second-order valence-corrected chi connectivity index (χ2v) is 6.60. The van der Waals surface area contributed by atoms with E-state index < -0.39 is 0 Å². The van der Waals surface area contributed by atoms with Crippen molar-refractivity contribution in [3.63, 3.8) is 0 Å². The number of anilines is 2. The number of rotatable bonds is 5. The van der Waals surface area contributed by atoms with E-state index in [1.165, 1.54) is 6.20 Å². The van der Waals surface area contributed by atoms with Gasteiger partial charge in [0.25, 0.3) is 5.91 Å². The Bertz CT molecular complexity index is 708. The van der Waals surface area contributed by atoms with Gasteiger partial charge < -0.3 is 20.1 Å². The summed E-state index contributed by atoms with van der Waals surface area (Å²) < 4.78 is 4.89. The Hall–Kier alpha value is -2.64. The summed E-state index contributed by atoms with van der Waals surface area (Å²) in [6, 6.07) is 4.05. The van der Waals surface area contributed by atoms with Crippen molar-refractivity contribution < 1.29 is 9.32 Å². The summed E-state index contributed by atoms with van der Waals surface area (Å²) in [4.78, 5) is 22.9. The van der Waals surface area contributed by atoms with E-state index in [-0.39, 0.29) is 17.7 Å². The molecule has 0 saturated heterocycles. The van der Waals surface area contributed by atoms with Crippen molar-refractivity contribution >= 4 is 17.5 Å². The first-order valence-electron chi connectivity index (χ1n) is 8.52. The molecule has 1 saturated carbocycles. The zero-order valence-corrected chi connectivity index (χ0v) is 14.8. The van der Waals surface area contributed by atoms with Crippen molar-refractivity contribution in [3.05, 3.63) is 29.9 Å². The molecule has 2 N–H and O–H groups in total. The lowest BCUT2D eigenvalue weighted by atomic mass is 9.91. The molecule has 1 aliphatic carbocycles. The maximum absolute atomic E-state index is 12.0. The largest absolute Gasteiger partial charge is 0.367 e. The molecular formula is C17H24N6O2. The monoisotopic (exact) mass is 344 g/mol. The molecule has 0 aromatic carbocycles. The molecule has 0 atom stereocenters. The summed E-state index contributed by atoms with van der Waals surface area (Å²) in [5, 5.41) is 10.1. The van der Waals surface area contributed by atoms with E-state index in [1.807, 2.05) is 32.0 Å². The highest BCUT2D eigenvalue weighted by Crippen LogP contribution is 2.23. The molecule has 1 amide bonds. The molecule has 8 heteroatoms. The fourth-order valence-electron chi connectivity index (χ4n) is 3.04. The first-order chi connectivity index (χ1) is 12.0. The molecule has 0 aliphatic heterocycles. The predicted molar refractivity (Wildman–Crippen MR) is 94.7 cm³/mol. The SMILES string of the molecule is Cc1nc(NC2CCC(NC(=O)c3ccno3)CC2)cc(N(C)C)n1. The van der Waals surface area contributed by atoms with Crippen molar-refractivity contribution in [2.45, 2.75) is 44.7 Å². The lowest BCUT2D eigenvalue weighted by molar-refractivity contribution is 0.0889. The van der Waals surface area contributed by atoms with Crippen molar-refractivity contribution in [3.8, 4) is 0 Å². The molecule has 8 nitrogen and oxygen atoms in total. The highest BCUT2D eigenvalue weighted by Gasteiger charge is 2.24. The first kappa shape index (κ1) is 17.2. The number of aryl methyl sites for hydroxylation is 1. The third kappa shape index (κ3) is 4.46. The van der Waals surface area contributed by atoms with Crippen LogP contribution in [0, 0.1) is 6.92 Å². The minimum atomic E-state index is -0.198. The van der Waals surface area contributed by atoms with Crippen molar-refractivity contribution in [2.75, 3.05) is 24.3 Å². The minimum Gasteiger partial charge on any atom is -0.367 e. The summed E-state index contributed by atoms with van der Waals surface area (Å²) in [7, 11) is 3.93. The van der Waals surface area contributed by atoms with Gasteiger partial charge in [-0.15, -0.1) is 0 Å². The number of hydrogen-bond donors (Lipinski definition) is 2. The Morgan fingerprint density at radius 2 is 1.92 bits per heavy atom. The summed E-state index contributed by atoms with van der Waals surface area (Å²) in [5.41, 5.74) is 0. The van der Waals surface area contributed by atoms with Crippen molar-refractivity contribution in [2.24, 2.45) is 0 Å². The van der Waals surface area contributed by atoms with Crippen LogP contribution in [0.25, 0.3) is 0 Å². The van der Waals surface area contributed by atoms with Crippen LogP contribution < -0.4 is 15.5 Å². The Morgan fingerprint density at radius 1 is 1.20 bits per heavy atom. The van der Waals surface area contributed by atoms with Gasteiger partial charge in [-0.3, -0.25) is 4.79 Å². The molecule has 2 aromatic heterocycles. The van der Waals surface area contributed by atoms with E-state index in [1.54, 1.807) is 6.07 Å². The standard InChI is InChI=1S/C17H24N6O2/c1-11-19-15(10-16(20-11)23(2)3)21-12-4-6-13(7-5-12)22-17(24)14-8-9-18-25-14/h8-10,12-13H,4-7H2,1-3H3,(H,22,24)(H,19,20,21). The van der Waals surface area contributed by atoms with E-state index in [0.29, 0.717) is 6.04 Å². The predicted octanol–water partition coefficient (Wildman–Crippen LogP) is 1.99. The summed E-state index contributed by atoms with van der Waals surface area (Å²) >= 11 is 0. The smallest absolute Gasteiger partial charge is 0.290 e. The number of carbonyl (C=O) groups is 1. The van der Waals surface area contributed by atoms with E-state index in [2.05, 4.69) is 25.8 Å². The minimum absolute atomic E-state index is 0.167. The second-order valence-electron chi connectivity index (χ2n) is 6.60. The molecule has 0 unspecified atom stereocenters. The molecule has 0 spiro atoms. The summed E-state index contributed by atoms with van der Waals surface area (Å²) in [6.45, 7) is 1.90. The van der Waals surface area contributed by atoms with Gasteiger partial charge in [0.05, 0.1) is 6.20 Å². The molecule has 134 valence electrons. The fourth-order valence-corrected chi connectivity index (χ4v) is 3.04. The Balaban J connectivity index is 1.52. The zero-order chi connectivity index (χ0) is 17.8. The molecule has 0 bridgehead atoms. The first-order valence-corrected chi connectivity index (χ1v) is 8.52. The highest BCUT2D eigenvalue weighted by atomic mass is 16.5. The molecule has 2 heterocycles. The third-order valence-electron chi connectivity index (χ3n) is 4.36. The Labute approximate surface area is 147 Å². The van der Waals surface area contributed by atoms with Crippen LogP contribution in [-0.4, -0.2) is 47.2 Å². The van der Waals surface area contributed by atoms with Crippen LogP contribution in [0.15, 0.2) is 22.9 Å². The molecule has 25 heavy (non-hydrogen) atoms. The lowest BCUT2D eigenvalue weighted by Crippen LogP contribution is -2.40. The van der Waals surface area contributed by atoms with Crippen molar-refractivity contribution in [1.82, 2.24) is 20.4 Å². The van der Waals surface area contributed by atoms with Crippen LogP contribution in [-0.2, 0) is 0 Å². The van der Waals surface area contributed by atoms with E-state index in [4.69, 9.17) is 4.52 Å². The fraction of sp³-hybridized carbons (Fsp3) is 0.529. The maximum atomic E-state index is 12.0. The number of aromatic nitrogens is 3. The van der Waals surface area contributed by atoms with Gasteiger partial charge >= 0.3 is 0 Å². The molecular weight excluding hydrogens is 320 g/mol. The van der Waals surface area contributed by atoms with Crippen LogP contribution >= 0.6 is 0 Å². The van der Waals surface area contributed by atoms with E-state index in [0.717, 1.165) is 43.1 Å². The van der Waals surface area contributed by atoms with Crippen LogP contribution in [0.4, 0.5) is 11.6 Å². The highest BCUT2D eigenvalue weighted by molar-refractivity contribution is 5.91. The lowest BCUT2D eigenvalue weighted by Gasteiger charge is -2.30. The second kappa shape index (κ2) is 7.50. The van der Waals surface area contributed by atoms with Gasteiger partial charge in [-0.2, -0.15) is 0 Å².